The molecule has 0 aliphatic carbocycles. The minimum Gasteiger partial charge on any atom is -0.481 e. The van der Waals surface area contributed by atoms with E-state index in [0.29, 0.717) is 13.1 Å². The van der Waals surface area contributed by atoms with Crippen LogP contribution >= 0.6 is 0 Å². The van der Waals surface area contributed by atoms with Gasteiger partial charge in [-0.2, -0.15) is 0 Å². The first kappa shape index (κ1) is 12.0. The van der Waals surface area contributed by atoms with E-state index >= 15 is 0 Å². The van der Waals surface area contributed by atoms with Gasteiger partial charge in [-0.3, -0.25) is 14.5 Å². The second-order valence-electron chi connectivity index (χ2n) is 4.19. The van der Waals surface area contributed by atoms with Crippen LogP contribution in [-0.4, -0.2) is 59.0 Å². The first-order valence-corrected chi connectivity index (χ1v) is 5.11. The lowest BCUT2D eigenvalue weighted by Crippen LogP contribution is -2.57. The van der Waals surface area contributed by atoms with Crippen LogP contribution in [-0.2, 0) is 9.59 Å². The van der Waals surface area contributed by atoms with E-state index in [9.17, 15) is 9.59 Å². The predicted molar refractivity (Wildman–Crippen MR) is 55.5 cm³/mol. The van der Waals surface area contributed by atoms with Crippen LogP contribution < -0.4 is 0 Å². The van der Waals surface area contributed by atoms with Crippen molar-refractivity contribution in [3.05, 3.63) is 0 Å². The number of nitrogens with zero attached hydrogens (tertiary/aromatic N) is 2. The third kappa shape index (κ3) is 2.92. The van der Waals surface area contributed by atoms with Gasteiger partial charge in [-0.1, -0.05) is 0 Å². The van der Waals surface area contributed by atoms with Crippen molar-refractivity contribution >= 4 is 11.9 Å². The van der Waals surface area contributed by atoms with E-state index < -0.39 is 5.97 Å². The highest BCUT2D eigenvalue weighted by Crippen LogP contribution is 2.16. The lowest BCUT2D eigenvalue weighted by Gasteiger charge is -2.43. The first-order chi connectivity index (χ1) is 6.91. The topological polar surface area (TPSA) is 60.9 Å². The molecular formula is C10H18N2O3. The molecule has 0 aromatic rings. The lowest BCUT2D eigenvalue weighted by molar-refractivity contribution is -0.142. The molecule has 0 saturated carbocycles. The number of likely N-dealkylation sites (N-methyl/N-ethyl adjacent to an activating group) is 1. The van der Waals surface area contributed by atoms with Gasteiger partial charge in [0, 0.05) is 32.1 Å². The van der Waals surface area contributed by atoms with Crippen molar-refractivity contribution in [2.24, 2.45) is 0 Å². The Bertz CT molecular complexity index is 267. The summed E-state index contributed by atoms with van der Waals surface area (Å²) >= 11 is 0. The standard InChI is InChI=1S/C10H18N2O3/c1-7-5-12(8(2)13)6-9(11(7)3)4-10(14)15/h7,9H,4-6H2,1-3H3,(H,14,15)/t7-,9-/m0/s1. The Kier molecular flexibility index (Phi) is 3.68. The number of rotatable bonds is 2. The van der Waals surface area contributed by atoms with E-state index in [1.807, 2.05) is 18.9 Å². The molecule has 0 unspecified atom stereocenters. The quantitative estimate of drug-likeness (QED) is 0.703. The average Bonchev–Trinajstić information content (AvgIpc) is 2.11. The van der Waals surface area contributed by atoms with Crippen LogP contribution in [0.15, 0.2) is 0 Å². The SMILES string of the molecule is CC(=O)N1C[C@H](CC(=O)O)N(C)[C@@H](C)C1. The summed E-state index contributed by atoms with van der Waals surface area (Å²) in [6.07, 6.45) is 0.0879. The Hall–Kier alpha value is -1.10. The number of hydrogen-bond donors (Lipinski definition) is 1. The second kappa shape index (κ2) is 4.61. The first-order valence-electron chi connectivity index (χ1n) is 5.11. The zero-order valence-corrected chi connectivity index (χ0v) is 9.43. The van der Waals surface area contributed by atoms with Crippen molar-refractivity contribution in [1.29, 1.82) is 0 Å². The van der Waals surface area contributed by atoms with E-state index in [2.05, 4.69) is 0 Å². The molecule has 1 rings (SSSR count). The molecule has 0 bridgehead atoms. The summed E-state index contributed by atoms with van der Waals surface area (Å²) in [5, 5.41) is 8.76. The fourth-order valence-corrected chi connectivity index (χ4v) is 1.93. The molecule has 1 aliphatic heterocycles. The predicted octanol–water partition coefficient (Wildman–Crippen LogP) is 0.0121. The van der Waals surface area contributed by atoms with E-state index in [1.165, 1.54) is 6.92 Å². The third-order valence-electron chi connectivity index (χ3n) is 3.04. The number of amides is 1. The fraction of sp³-hybridized carbons (Fsp3) is 0.800. The lowest BCUT2D eigenvalue weighted by atomic mass is 10.1. The Morgan fingerprint density at radius 3 is 2.47 bits per heavy atom. The molecule has 1 N–H and O–H groups in total. The van der Waals surface area contributed by atoms with Crippen LogP contribution in [0.25, 0.3) is 0 Å². The maximum absolute atomic E-state index is 11.2. The molecule has 1 saturated heterocycles. The normalized spacial score (nSPS) is 27.8. The molecule has 2 atom stereocenters. The molecule has 1 fully saturated rings. The molecule has 1 heterocycles. The van der Waals surface area contributed by atoms with Gasteiger partial charge in [0.25, 0.3) is 0 Å². The van der Waals surface area contributed by atoms with E-state index in [4.69, 9.17) is 5.11 Å². The molecule has 1 aliphatic rings. The van der Waals surface area contributed by atoms with Crippen molar-refractivity contribution in [3.8, 4) is 0 Å². The monoisotopic (exact) mass is 214 g/mol. The van der Waals surface area contributed by atoms with Crippen molar-refractivity contribution < 1.29 is 14.7 Å². The second-order valence-corrected chi connectivity index (χ2v) is 4.19. The maximum Gasteiger partial charge on any atom is 0.305 e. The number of carbonyl (C=O) groups excluding carboxylic acids is 1. The van der Waals surface area contributed by atoms with Crippen LogP contribution in [0.2, 0.25) is 0 Å². The van der Waals surface area contributed by atoms with Gasteiger partial charge in [0.15, 0.2) is 0 Å². The minimum atomic E-state index is -0.815. The number of piperazine rings is 1. The van der Waals surface area contributed by atoms with Gasteiger partial charge in [0.05, 0.1) is 6.42 Å². The average molecular weight is 214 g/mol. The molecular weight excluding hydrogens is 196 g/mol. The van der Waals surface area contributed by atoms with Gasteiger partial charge in [-0.15, -0.1) is 0 Å². The van der Waals surface area contributed by atoms with Crippen LogP contribution in [0.1, 0.15) is 20.3 Å². The van der Waals surface area contributed by atoms with E-state index in [0.717, 1.165) is 0 Å². The molecule has 0 spiro atoms. The summed E-state index contributed by atoms with van der Waals surface area (Å²) in [5.41, 5.74) is 0. The number of carboxylic acids is 1. The summed E-state index contributed by atoms with van der Waals surface area (Å²) in [6, 6.07) is 0.141. The van der Waals surface area contributed by atoms with E-state index in [1.54, 1.807) is 4.90 Å². The number of aliphatic carboxylic acids is 1. The minimum absolute atomic E-state index is 0.0188. The van der Waals surface area contributed by atoms with Gasteiger partial charge in [-0.25, -0.2) is 0 Å². The highest BCUT2D eigenvalue weighted by molar-refractivity contribution is 5.73. The van der Waals surface area contributed by atoms with Crippen molar-refractivity contribution in [1.82, 2.24) is 9.80 Å². The number of carbonyl (C=O) groups is 2. The summed E-state index contributed by atoms with van der Waals surface area (Å²) in [7, 11) is 1.91. The fourth-order valence-electron chi connectivity index (χ4n) is 1.93. The Morgan fingerprint density at radius 1 is 1.40 bits per heavy atom. The highest BCUT2D eigenvalue weighted by atomic mass is 16.4. The third-order valence-corrected chi connectivity index (χ3v) is 3.04. The Balaban J connectivity index is 2.68. The number of carboxylic acid groups (broad SMARTS) is 1. The summed E-state index contributed by atoms with van der Waals surface area (Å²) in [6.45, 7) is 4.73. The molecule has 0 radical (unpaired) electrons. The largest absolute Gasteiger partial charge is 0.481 e. The molecule has 5 nitrogen and oxygen atoms in total. The van der Waals surface area contributed by atoms with Crippen LogP contribution in [0.5, 0.6) is 0 Å². The molecule has 0 aromatic carbocycles. The zero-order chi connectivity index (χ0) is 11.6. The molecule has 0 aromatic heterocycles. The highest BCUT2D eigenvalue weighted by Gasteiger charge is 2.31. The van der Waals surface area contributed by atoms with Gasteiger partial charge in [0.2, 0.25) is 5.91 Å². The van der Waals surface area contributed by atoms with Crippen molar-refractivity contribution in [2.45, 2.75) is 32.4 Å². The van der Waals surface area contributed by atoms with Gasteiger partial charge < -0.3 is 10.0 Å². The smallest absolute Gasteiger partial charge is 0.305 e. The van der Waals surface area contributed by atoms with Crippen LogP contribution in [0, 0.1) is 0 Å². The van der Waals surface area contributed by atoms with E-state index in [-0.39, 0.29) is 24.4 Å². The molecule has 86 valence electrons. The molecule has 1 amide bonds. The van der Waals surface area contributed by atoms with Gasteiger partial charge in [0.1, 0.15) is 0 Å². The van der Waals surface area contributed by atoms with Crippen molar-refractivity contribution in [2.75, 3.05) is 20.1 Å². The van der Waals surface area contributed by atoms with Crippen LogP contribution in [0.3, 0.4) is 0 Å². The van der Waals surface area contributed by atoms with Gasteiger partial charge in [-0.05, 0) is 14.0 Å². The van der Waals surface area contributed by atoms with Crippen molar-refractivity contribution in [3.63, 3.8) is 0 Å². The zero-order valence-electron chi connectivity index (χ0n) is 9.43. The Morgan fingerprint density at radius 2 is 2.00 bits per heavy atom. The Labute approximate surface area is 89.7 Å². The summed E-state index contributed by atoms with van der Waals surface area (Å²) < 4.78 is 0. The number of hydrogen-bond acceptors (Lipinski definition) is 3. The van der Waals surface area contributed by atoms with Crippen LogP contribution in [0.4, 0.5) is 0 Å². The molecule has 5 heteroatoms. The summed E-state index contributed by atoms with van der Waals surface area (Å²) in [4.78, 5) is 25.7. The molecule has 15 heavy (non-hydrogen) atoms. The van der Waals surface area contributed by atoms with Gasteiger partial charge >= 0.3 is 5.97 Å². The summed E-state index contributed by atoms with van der Waals surface area (Å²) in [5.74, 6) is -0.796. The maximum atomic E-state index is 11.2.